The average Bonchev–Trinajstić information content (AvgIpc) is 2.71. The van der Waals surface area contributed by atoms with Crippen molar-refractivity contribution in [2.75, 3.05) is 37.7 Å². The van der Waals surface area contributed by atoms with Crippen molar-refractivity contribution < 1.29 is 4.21 Å². The van der Waals surface area contributed by atoms with Crippen molar-refractivity contribution in [3.63, 3.8) is 0 Å². The SMILES string of the molecule is CC(C1CCNC1)N1CCS(=O)CC1. The number of rotatable bonds is 2. The van der Waals surface area contributed by atoms with Gasteiger partial charge in [0, 0.05) is 41.4 Å². The van der Waals surface area contributed by atoms with Crippen LogP contribution in [0.1, 0.15) is 13.3 Å². The van der Waals surface area contributed by atoms with Crippen molar-refractivity contribution in [3.8, 4) is 0 Å². The standard InChI is InChI=1S/C10H20N2OS/c1-9(10-2-3-11-8-10)12-4-6-14(13)7-5-12/h9-11H,2-8H2,1H3. The highest BCUT2D eigenvalue weighted by Gasteiger charge is 2.28. The second kappa shape index (κ2) is 4.73. The van der Waals surface area contributed by atoms with Crippen molar-refractivity contribution in [3.05, 3.63) is 0 Å². The van der Waals surface area contributed by atoms with Crippen LogP contribution in [0.15, 0.2) is 0 Å². The molecule has 4 heteroatoms. The Labute approximate surface area is 88.7 Å². The molecule has 0 saturated carbocycles. The maximum Gasteiger partial charge on any atom is 0.0363 e. The molecule has 2 unspecified atom stereocenters. The van der Waals surface area contributed by atoms with Gasteiger partial charge in [0.1, 0.15) is 0 Å². The summed E-state index contributed by atoms with van der Waals surface area (Å²) in [7, 11) is -0.536. The molecule has 14 heavy (non-hydrogen) atoms. The molecule has 82 valence electrons. The highest BCUT2D eigenvalue weighted by molar-refractivity contribution is 7.85. The predicted octanol–water partition coefficient (Wildman–Crippen LogP) is 0.0487. The lowest BCUT2D eigenvalue weighted by molar-refractivity contribution is 0.176. The molecule has 2 fully saturated rings. The summed E-state index contributed by atoms with van der Waals surface area (Å²) in [5.41, 5.74) is 0. The smallest absolute Gasteiger partial charge is 0.0363 e. The summed E-state index contributed by atoms with van der Waals surface area (Å²) in [5, 5.41) is 3.41. The summed E-state index contributed by atoms with van der Waals surface area (Å²) >= 11 is 0. The van der Waals surface area contributed by atoms with E-state index in [2.05, 4.69) is 17.1 Å². The van der Waals surface area contributed by atoms with E-state index in [1.165, 1.54) is 19.5 Å². The normalized spacial score (nSPS) is 33.4. The first-order valence-corrected chi connectivity index (χ1v) is 7.06. The number of hydrogen-bond acceptors (Lipinski definition) is 3. The Morgan fingerprint density at radius 1 is 1.43 bits per heavy atom. The van der Waals surface area contributed by atoms with Gasteiger partial charge in [-0.15, -0.1) is 0 Å². The average molecular weight is 216 g/mol. The minimum atomic E-state index is -0.536. The molecular weight excluding hydrogens is 196 g/mol. The number of hydrogen-bond donors (Lipinski definition) is 1. The third-order valence-corrected chi connectivity index (χ3v) is 4.84. The van der Waals surface area contributed by atoms with Crippen LogP contribution in [0.5, 0.6) is 0 Å². The van der Waals surface area contributed by atoms with E-state index in [4.69, 9.17) is 0 Å². The van der Waals surface area contributed by atoms with Gasteiger partial charge in [-0.25, -0.2) is 0 Å². The quantitative estimate of drug-likeness (QED) is 0.708. The molecule has 2 atom stereocenters. The van der Waals surface area contributed by atoms with Crippen LogP contribution in [0.4, 0.5) is 0 Å². The van der Waals surface area contributed by atoms with E-state index in [0.29, 0.717) is 6.04 Å². The molecule has 2 heterocycles. The van der Waals surface area contributed by atoms with Crippen LogP contribution in [-0.2, 0) is 10.8 Å². The number of nitrogens with zero attached hydrogens (tertiary/aromatic N) is 1. The van der Waals surface area contributed by atoms with Crippen molar-refractivity contribution in [2.45, 2.75) is 19.4 Å². The zero-order valence-electron chi connectivity index (χ0n) is 8.87. The van der Waals surface area contributed by atoms with Crippen LogP contribution < -0.4 is 5.32 Å². The van der Waals surface area contributed by atoms with Gasteiger partial charge in [-0.05, 0) is 32.4 Å². The van der Waals surface area contributed by atoms with E-state index in [9.17, 15) is 4.21 Å². The highest BCUT2D eigenvalue weighted by Crippen LogP contribution is 2.19. The molecule has 0 aromatic carbocycles. The van der Waals surface area contributed by atoms with Gasteiger partial charge in [-0.3, -0.25) is 9.11 Å². The van der Waals surface area contributed by atoms with Crippen molar-refractivity contribution in [2.24, 2.45) is 5.92 Å². The Balaban J connectivity index is 1.84. The minimum Gasteiger partial charge on any atom is -0.316 e. The Bertz CT molecular complexity index is 206. The van der Waals surface area contributed by atoms with Gasteiger partial charge in [0.25, 0.3) is 0 Å². The molecule has 0 aliphatic carbocycles. The first-order chi connectivity index (χ1) is 6.77. The maximum absolute atomic E-state index is 11.2. The minimum absolute atomic E-state index is 0.536. The number of nitrogens with one attached hydrogen (secondary N) is 1. The zero-order valence-corrected chi connectivity index (χ0v) is 9.68. The van der Waals surface area contributed by atoms with Crippen LogP contribution in [0.3, 0.4) is 0 Å². The fraction of sp³-hybridized carbons (Fsp3) is 1.00. The van der Waals surface area contributed by atoms with E-state index < -0.39 is 10.8 Å². The molecule has 0 amide bonds. The van der Waals surface area contributed by atoms with Gasteiger partial charge in [0.15, 0.2) is 0 Å². The van der Waals surface area contributed by atoms with Crippen LogP contribution in [0.25, 0.3) is 0 Å². The fourth-order valence-corrected chi connectivity index (χ4v) is 3.53. The van der Waals surface area contributed by atoms with Crippen LogP contribution >= 0.6 is 0 Å². The Morgan fingerprint density at radius 3 is 2.71 bits per heavy atom. The van der Waals surface area contributed by atoms with Crippen LogP contribution in [0, 0.1) is 5.92 Å². The highest BCUT2D eigenvalue weighted by atomic mass is 32.2. The van der Waals surface area contributed by atoms with E-state index in [1.807, 2.05) is 0 Å². The van der Waals surface area contributed by atoms with Gasteiger partial charge >= 0.3 is 0 Å². The summed E-state index contributed by atoms with van der Waals surface area (Å²) in [5.74, 6) is 2.57. The van der Waals surface area contributed by atoms with Gasteiger partial charge in [0.2, 0.25) is 0 Å². The molecule has 3 nitrogen and oxygen atoms in total. The first-order valence-electron chi connectivity index (χ1n) is 5.57. The first kappa shape index (κ1) is 10.6. The largest absolute Gasteiger partial charge is 0.316 e. The van der Waals surface area contributed by atoms with Crippen molar-refractivity contribution in [1.82, 2.24) is 10.2 Å². The molecule has 0 radical (unpaired) electrons. The summed E-state index contributed by atoms with van der Waals surface area (Å²) in [6, 6.07) is 0.669. The maximum atomic E-state index is 11.2. The van der Waals surface area contributed by atoms with Crippen LogP contribution in [0.2, 0.25) is 0 Å². The van der Waals surface area contributed by atoms with Gasteiger partial charge in [-0.2, -0.15) is 0 Å². The zero-order chi connectivity index (χ0) is 9.97. The lowest BCUT2D eigenvalue weighted by Gasteiger charge is -2.35. The summed E-state index contributed by atoms with van der Waals surface area (Å²) in [6.07, 6.45) is 1.31. The van der Waals surface area contributed by atoms with E-state index in [1.54, 1.807) is 0 Å². The third-order valence-electron chi connectivity index (χ3n) is 3.57. The topological polar surface area (TPSA) is 32.3 Å². The molecular formula is C10H20N2OS. The van der Waals surface area contributed by atoms with E-state index in [0.717, 1.165) is 30.5 Å². The second-order valence-electron chi connectivity index (χ2n) is 4.38. The molecule has 0 aromatic rings. The summed E-state index contributed by atoms with van der Waals surface area (Å²) < 4.78 is 11.2. The molecule has 0 bridgehead atoms. The Kier molecular flexibility index (Phi) is 3.57. The van der Waals surface area contributed by atoms with Gasteiger partial charge < -0.3 is 5.32 Å². The monoisotopic (exact) mass is 216 g/mol. The van der Waals surface area contributed by atoms with Crippen molar-refractivity contribution in [1.29, 1.82) is 0 Å². The Morgan fingerprint density at radius 2 is 2.14 bits per heavy atom. The fourth-order valence-electron chi connectivity index (χ4n) is 2.45. The summed E-state index contributed by atoms with van der Waals surface area (Å²) in [6.45, 7) is 6.73. The molecule has 2 saturated heterocycles. The molecule has 2 aliphatic rings. The molecule has 0 spiro atoms. The Hall–Kier alpha value is 0.0700. The lowest BCUT2D eigenvalue weighted by Crippen LogP contribution is -2.46. The molecule has 2 rings (SSSR count). The lowest BCUT2D eigenvalue weighted by atomic mass is 9.99. The summed E-state index contributed by atoms with van der Waals surface area (Å²) in [4.78, 5) is 2.51. The van der Waals surface area contributed by atoms with E-state index >= 15 is 0 Å². The van der Waals surface area contributed by atoms with Crippen molar-refractivity contribution >= 4 is 10.8 Å². The molecule has 2 aliphatic heterocycles. The predicted molar refractivity (Wildman–Crippen MR) is 59.9 cm³/mol. The molecule has 1 N–H and O–H groups in total. The van der Waals surface area contributed by atoms with E-state index in [-0.39, 0.29) is 0 Å². The van der Waals surface area contributed by atoms with Gasteiger partial charge in [-0.1, -0.05) is 0 Å². The van der Waals surface area contributed by atoms with Crippen LogP contribution in [-0.4, -0.2) is 52.8 Å². The van der Waals surface area contributed by atoms with Gasteiger partial charge in [0.05, 0.1) is 0 Å². The molecule has 0 aromatic heterocycles. The second-order valence-corrected chi connectivity index (χ2v) is 6.07. The third kappa shape index (κ3) is 2.35.